The number of rotatable bonds is 4. The van der Waals surface area contributed by atoms with Crippen LogP contribution in [0.1, 0.15) is 18.1 Å². The van der Waals surface area contributed by atoms with Crippen LogP contribution >= 0.6 is 0 Å². The number of benzene rings is 2. The van der Waals surface area contributed by atoms with Gasteiger partial charge in [0.2, 0.25) is 0 Å². The first kappa shape index (κ1) is 13.6. The smallest absolute Gasteiger partial charge is 0.142 e. The van der Waals surface area contributed by atoms with Crippen LogP contribution in [0.5, 0.6) is 11.5 Å². The number of ether oxygens (including phenoxy) is 1. The number of hydrogen-bond acceptors (Lipinski definition) is 3. The van der Waals surface area contributed by atoms with E-state index < -0.39 is 0 Å². The van der Waals surface area contributed by atoms with Crippen molar-refractivity contribution in [3.63, 3.8) is 0 Å². The van der Waals surface area contributed by atoms with Crippen LogP contribution in [0, 0.1) is 0 Å². The van der Waals surface area contributed by atoms with E-state index in [0.717, 1.165) is 34.4 Å². The Morgan fingerprint density at radius 1 is 1.05 bits per heavy atom. The minimum Gasteiger partial charge on any atom is -0.456 e. The van der Waals surface area contributed by atoms with Crippen molar-refractivity contribution in [2.45, 2.75) is 19.9 Å². The predicted molar refractivity (Wildman–Crippen MR) is 85.5 cm³/mol. The molecule has 3 nitrogen and oxygen atoms in total. The second kappa shape index (κ2) is 5.94. The number of aromatic nitrogens is 1. The summed E-state index contributed by atoms with van der Waals surface area (Å²) in [5.41, 5.74) is 8.94. The van der Waals surface area contributed by atoms with Crippen LogP contribution in [0.3, 0.4) is 0 Å². The molecule has 0 aliphatic carbocycles. The fraction of sp³-hybridized carbons (Fsp3) is 0.167. The van der Waals surface area contributed by atoms with Gasteiger partial charge in [0.25, 0.3) is 0 Å². The molecule has 3 rings (SSSR count). The van der Waals surface area contributed by atoms with Gasteiger partial charge in [-0.05, 0) is 36.2 Å². The van der Waals surface area contributed by atoms with Gasteiger partial charge in [-0.1, -0.05) is 31.2 Å². The first-order chi connectivity index (χ1) is 10.3. The molecule has 0 saturated heterocycles. The maximum absolute atomic E-state index is 6.09. The lowest BCUT2D eigenvalue weighted by Gasteiger charge is -2.13. The van der Waals surface area contributed by atoms with Gasteiger partial charge in [0.05, 0.1) is 5.52 Å². The summed E-state index contributed by atoms with van der Waals surface area (Å²) < 4.78 is 6.09. The van der Waals surface area contributed by atoms with Gasteiger partial charge in [-0.2, -0.15) is 0 Å². The van der Waals surface area contributed by atoms with Crippen LogP contribution in [0.4, 0.5) is 0 Å². The number of pyridine rings is 1. The minimum absolute atomic E-state index is 0.403. The molecule has 3 heteroatoms. The van der Waals surface area contributed by atoms with Gasteiger partial charge >= 0.3 is 0 Å². The van der Waals surface area contributed by atoms with E-state index in [4.69, 9.17) is 10.5 Å². The van der Waals surface area contributed by atoms with Gasteiger partial charge in [0.1, 0.15) is 11.5 Å². The molecule has 1 aromatic heterocycles. The van der Waals surface area contributed by atoms with Crippen LogP contribution in [0.25, 0.3) is 10.9 Å². The molecule has 21 heavy (non-hydrogen) atoms. The van der Waals surface area contributed by atoms with Crippen LogP contribution in [-0.4, -0.2) is 4.98 Å². The van der Waals surface area contributed by atoms with Crippen molar-refractivity contribution in [1.29, 1.82) is 0 Å². The summed E-state index contributed by atoms with van der Waals surface area (Å²) in [6, 6.07) is 16.1. The highest BCUT2D eigenvalue weighted by Gasteiger charge is 2.10. The topological polar surface area (TPSA) is 48.1 Å². The molecular formula is C18H18N2O. The summed E-state index contributed by atoms with van der Waals surface area (Å²) in [4.78, 5) is 4.42. The Balaban J connectivity index is 2.05. The number of para-hydroxylation sites is 1. The summed E-state index contributed by atoms with van der Waals surface area (Å²) in [6.07, 6.45) is 2.81. The van der Waals surface area contributed by atoms with Gasteiger partial charge < -0.3 is 10.5 Å². The van der Waals surface area contributed by atoms with E-state index in [-0.39, 0.29) is 0 Å². The largest absolute Gasteiger partial charge is 0.456 e. The van der Waals surface area contributed by atoms with Gasteiger partial charge in [-0.25, -0.2) is 0 Å². The molecule has 1 heterocycles. The Kier molecular flexibility index (Phi) is 3.84. The standard InChI is InChI=1S/C18H18N2O/c1-2-13-7-9-15(10-8-13)21-18-14(11-19)12-20-17-6-4-3-5-16(17)18/h3-10,12H,2,11,19H2,1H3. The second-order valence-electron chi connectivity index (χ2n) is 4.93. The lowest BCUT2D eigenvalue weighted by atomic mass is 10.1. The zero-order chi connectivity index (χ0) is 14.7. The van der Waals surface area contributed by atoms with E-state index in [2.05, 4.69) is 24.0 Å². The quantitative estimate of drug-likeness (QED) is 0.783. The number of hydrogen-bond donors (Lipinski definition) is 1. The molecule has 0 aliphatic heterocycles. The Labute approximate surface area is 124 Å². The zero-order valence-corrected chi connectivity index (χ0v) is 12.0. The second-order valence-corrected chi connectivity index (χ2v) is 4.93. The molecule has 3 aromatic rings. The lowest BCUT2D eigenvalue weighted by molar-refractivity contribution is 0.481. The molecular weight excluding hydrogens is 260 g/mol. The van der Waals surface area contributed by atoms with Gasteiger partial charge in [-0.15, -0.1) is 0 Å². The molecule has 0 radical (unpaired) electrons. The van der Waals surface area contributed by atoms with Crippen molar-refractivity contribution in [2.24, 2.45) is 5.73 Å². The van der Waals surface area contributed by atoms with E-state index in [1.807, 2.05) is 36.4 Å². The number of fused-ring (bicyclic) bond motifs is 1. The average Bonchev–Trinajstić information content (AvgIpc) is 2.56. The Bertz CT molecular complexity index is 751. The summed E-state index contributed by atoms with van der Waals surface area (Å²) in [5.74, 6) is 1.62. The normalized spacial score (nSPS) is 10.8. The maximum atomic E-state index is 6.09. The molecule has 0 fully saturated rings. The fourth-order valence-electron chi connectivity index (χ4n) is 2.33. The zero-order valence-electron chi connectivity index (χ0n) is 12.0. The van der Waals surface area contributed by atoms with Crippen molar-refractivity contribution in [1.82, 2.24) is 4.98 Å². The van der Waals surface area contributed by atoms with E-state index in [1.165, 1.54) is 5.56 Å². The number of nitrogens with two attached hydrogens (primary N) is 1. The predicted octanol–water partition coefficient (Wildman–Crippen LogP) is 4.05. The van der Waals surface area contributed by atoms with Crippen LogP contribution in [0.15, 0.2) is 54.7 Å². The maximum Gasteiger partial charge on any atom is 0.142 e. The molecule has 0 unspecified atom stereocenters. The van der Waals surface area contributed by atoms with Crippen molar-refractivity contribution >= 4 is 10.9 Å². The molecule has 0 saturated carbocycles. The van der Waals surface area contributed by atoms with E-state index >= 15 is 0 Å². The number of aryl methyl sites for hydroxylation is 1. The summed E-state index contributed by atoms with van der Waals surface area (Å²) >= 11 is 0. The highest BCUT2D eigenvalue weighted by molar-refractivity contribution is 5.86. The Morgan fingerprint density at radius 3 is 2.52 bits per heavy atom. The monoisotopic (exact) mass is 278 g/mol. The minimum atomic E-state index is 0.403. The molecule has 0 spiro atoms. The van der Waals surface area contributed by atoms with E-state index in [9.17, 15) is 0 Å². The molecule has 2 N–H and O–H groups in total. The van der Waals surface area contributed by atoms with Crippen LogP contribution in [-0.2, 0) is 13.0 Å². The van der Waals surface area contributed by atoms with Crippen molar-refractivity contribution in [3.05, 3.63) is 65.9 Å². The Hall–Kier alpha value is -2.39. The average molecular weight is 278 g/mol. The lowest BCUT2D eigenvalue weighted by Crippen LogP contribution is -2.01. The summed E-state index contributed by atoms with van der Waals surface area (Å²) in [5, 5.41) is 0.986. The molecule has 0 atom stereocenters. The Morgan fingerprint density at radius 2 is 1.81 bits per heavy atom. The van der Waals surface area contributed by atoms with Gasteiger partial charge in [0, 0.05) is 23.7 Å². The summed E-state index contributed by atoms with van der Waals surface area (Å²) in [7, 11) is 0. The molecule has 106 valence electrons. The van der Waals surface area contributed by atoms with E-state index in [1.54, 1.807) is 6.20 Å². The van der Waals surface area contributed by atoms with Crippen molar-refractivity contribution < 1.29 is 4.74 Å². The highest BCUT2D eigenvalue weighted by Crippen LogP contribution is 2.32. The van der Waals surface area contributed by atoms with Crippen LogP contribution in [0.2, 0.25) is 0 Å². The molecule has 0 aliphatic rings. The SMILES string of the molecule is CCc1ccc(Oc2c(CN)cnc3ccccc23)cc1. The first-order valence-electron chi connectivity index (χ1n) is 7.15. The summed E-state index contributed by atoms with van der Waals surface area (Å²) in [6.45, 7) is 2.54. The van der Waals surface area contributed by atoms with E-state index in [0.29, 0.717) is 6.54 Å². The molecule has 0 bridgehead atoms. The highest BCUT2D eigenvalue weighted by atomic mass is 16.5. The van der Waals surface area contributed by atoms with Crippen molar-refractivity contribution in [2.75, 3.05) is 0 Å². The van der Waals surface area contributed by atoms with Crippen molar-refractivity contribution in [3.8, 4) is 11.5 Å². The van der Waals surface area contributed by atoms with Gasteiger partial charge in [-0.3, -0.25) is 4.98 Å². The molecule has 0 amide bonds. The molecule has 2 aromatic carbocycles. The fourth-order valence-corrected chi connectivity index (χ4v) is 2.33. The van der Waals surface area contributed by atoms with Gasteiger partial charge in [0.15, 0.2) is 0 Å². The third-order valence-electron chi connectivity index (χ3n) is 3.57. The third kappa shape index (κ3) is 2.73. The van der Waals surface area contributed by atoms with Crippen LogP contribution < -0.4 is 10.5 Å². The third-order valence-corrected chi connectivity index (χ3v) is 3.57. The first-order valence-corrected chi connectivity index (χ1v) is 7.15. The number of nitrogens with zero attached hydrogens (tertiary/aromatic N) is 1.